The van der Waals surface area contributed by atoms with Gasteiger partial charge in [0.25, 0.3) is 11.8 Å². The molecule has 2 aromatic rings. The number of aryl methyl sites for hydroxylation is 1. The van der Waals surface area contributed by atoms with Crippen molar-refractivity contribution >= 4 is 29.6 Å². The van der Waals surface area contributed by atoms with E-state index in [4.69, 9.17) is 9.47 Å². The fourth-order valence-electron chi connectivity index (χ4n) is 2.99. The van der Waals surface area contributed by atoms with Gasteiger partial charge in [-0.1, -0.05) is 25.1 Å². The Hall–Kier alpha value is -3.61. The summed E-state index contributed by atoms with van der Waals surface area (Å²) in [6.07, 6.45) is 2.27. The molecule has 1 fully saturated rings. The number of nitrogens with zero attached hydrogens (tertiary/aromatic N) is 1. The summed E-state index contributed by atoms with van der Waals surface area (Å²) in [6.45, 7) is 4.29. The van der Waals surface area contributed by atoms with Crippen LogP contribution in [-0.4, -0.2) is 31.6 Å². The Bertz CT molecular complexity index is 979. The van der Waals surface area contributed by atoms with E-state index in [1.165, 1.54) is 13.2 Å². The summed E-state index contributed by atoms with van der Waals surface area (Å²) in [5, 5.41) is 2.22. The molecule has 0 radical (unpaired) electrons. The van der Waals surface area contributed by atoms with E-state index >= 15 is 0 Å². The molecule has 0 aliphatic carbocycles. The highest BCUT2D eigenvalue weighted by Crippen LogP contribution is 2.30. The first-order chi connectivity index (χ1) is 14.0. The van der Waals surface area contributed by atoms with Gasteiger partial charge in [-0.3, -0.25) is 14.9 Å². The van der Waals surface area contributed by atoms with E-state index in [0.29, 0.717) is 29.4 Å². The molecular formula is C22H22N2O5. The van der Waals surface area contributed by atoms with Crippen LogP contribution in [0.4, 0.5) is 10.5 Å². The smallest absolute Gasteiger partial charge is 0.335 e. The molecule has 0 bridgehead atoms. The van der Waals surface area contributed by atoms with Crippen molar-refractivity contribution in [2.45, 2.75) is 20.3 Å². The van der Waals surface area contributed by atoms with Crippen molar-refractivity contribution in [2.24, 2.45) is 0 Å². The maximum Gasteiger partial charge on any atom is 0.335 e. The Morgan fingerprint density at radius 3 is 2.34 bits per heavy atom. The molecule has 0 aromatic heterocycles. The van der Waals surface area contributed by atoms with E-state index in [2.05, 4.69) is 5.32 Å². The molecule has 4 amide bonds. The zero-order valence-corrected chi connectivity index (χ0v) is 16.5. The molecular weight excluding hydrogens is 372 g/mol. The van der Waals surface area contributed by atoms with E-state index < -0.39 is 17.8 Å². The minimum atomic E-state index is -0.772. The second-order valence-corrected chi connectivity index (χ2v) is 6.32. The number of amides is 4. The second-order valence-electron chi connectivity index (χ2n) is 6.32. The summed E-state index contributed by atoms with van der Waals surface area (Å²) >= 11 is 0. The average Bonchev–Trinajstić information content (AvgIpc) is 2.72. The molecule has 0 atom stereocenters. The van der Waals surface area contributed by atoms with Crippen LogP contribution in [0.5, 0.6) is 11.5 Å². The number of barbiturate groups is 1. The highest BCUT2D eigenvalue weighted by Gasteiger charge is 2.36. The molecule has 1 aliphatic rings. The molecule has 1 aliphatic heterocycles. The van der Waals surface area contributed by atoms with Crippen LogP contribution in [0.1, 0.15) is 25.0 Å². The molecule has 1 N–H and O–H groups in total. The number of hydrogen-bond donors (Lipinski definition) is 1. The molecule has 0 spiro atoms. The predicted molar refractivity (Wildman–Crippen MR) is 109 cm³/mol. The minimum absolute atomic E-state index is 0.142. The summed E-state index contributed by atoms with van der Waals surface area (Å²) in [7, 11) is 1.53. The first-order valence-corrected chi connectivity index (χ1v) is 9.29. The van der Waals surface area contributed by atoms with Gasteiger partial charge in [-0.2, -0.15) is 0 Å². The molecule has 29 heavy (non-hydrogen) atoms. The average molecular weight is 394 g/mol. The van der Waals surface area contributed by atoms with E-state index in [1.807, 2.05) is 26.0 Å². The Morgan fingerprint density at radius 1 is 1.00 bits per heavy atom. The van der Waals surface area contributed by atoms with Crippen molar-refractivity contribution in [2.75, 3.05) is 18.6 Å². The number of benzene rings is 2. The van der Waals surface area contributed by atoms with Crippen molar-refractivity contribution in [1.29, 1.82) is 0 Å². The van der Waals surface area contributed by atoms with Crippen LogP contribution in [0.25, 0.3) is 6.08 Å². The zero-order valence-electron chi connectivity index (χ0n) is 16.5. The predicted octanol–water partition coefficient (Wildman–Crippen LogP) is 3.32. The van der Waals surface area contributed by atoms with Crippen LogP contribution in [0.15, 0.2) is 48.0 Å². The van der Waals surface area contributed by atoms with Crippen LogP contribution in [0, 0.1) is 0 Å². The fourth-order valence-corrected chi connectivity index (χ4v) is 2.99. The van der Waals surface area contributed by atoms with Crippen LogP contribution in [0.3, 0.4) is 0 Å². The van der Waals surface area contributed by atoms with E-state index in [1.54, 1.807) is 30.3 Å². The van der Waals surface area contributed by atoms with E-state index in [-0.39, 0.29) is 5.57 Å². The van der Waals surface area contributed by atoms with Gasteiger partial charge in [0.05, 0.1) is 19.4 Å². The Kier molecular flexibility index (Phi) is 5.97. The topological polar surface area (TPSA) is 84.9 Å². The number of rotatable bonds is 6. The van der Waals surface area contributed by atoms with Crippen molar-refractivity contribution in [3.63, 3.8) is 0 Å². The monoisotopic (exact) mass is 394 g/mol. The summed E-state index contributed by atoms with van der Waals surface area (Å²) in [6, 6.07) is 11.3. The van der Waals surface area contributed by atoms with Crippen molar-refractivity contribution in [1.82, 2.24) is 5.32 Å². The lowest BCUT2D eigenvalue weighted by Gasteiger charge is -2.26. The van der Waals surface area contributed by atoms with Crippen LogP contribution in [0.2, 0.25) is 0 Å². The number of urea groups is 1. The van der Waals surface area contributed by atoms with Crippen LogP contribution in [-0.2, 0) is 16.0 Å². The van der Waals surface area contributed by atoms with Gasteiger partial charge in [-0.25, -0.2) is 9.69 Å². The lowest BCUT2D eigenvalue weighted by atomic mass is 10.1. The van der Waals surface area contributed by atoms with Gasteiger partial charge in [-0.05, 0) is 54.8 Å². The number of methoxy groups -OCH3 is 1. The second kappa shape index (κ2) is 8.60. The first kappa shape index (κ1) is 20.1. The Morgan fingerprint density at radius 2 is 1.72 bits per heavy atom. The van der Waals surface area contributed by atoms with E-state index in [9.17, 15) is 14.4 Å². The third-order valence-electron chi connectivity index (χ3n) is 4.50. The van der Waals surface area contributed by atoms with Crippen LogP contribution >= 0.6 is 0 Å². The quantitative estimate of drug-likeness (QED) is 0.600. The lowest BCUT2D eigenvalue weighted by molar-refractivity contribution is -0.122. The van der Waals surface area contributed by atoms with Crippen molar-refractivity contribution in [3.05, 3.63) is 59.2 Å². The molecule has 3 rings (SSSR count). The number of imide groups is 2. The van der Waals surface area contributed by atoms with Gasteiger partial charge in [0.2, 0.25) is 0 Å². The molecule has 1 heterocycles. The summed E-state index contributed by atoms with van der Waals surface area (Å²) < 4.78 is 10.8. The molecule has 1 saturated heterocycles. The lowest BCUT2D eigenvalue weighted by Crippen LogP contribution is -2.54. The van der Waals surface area contributed by atoms with Gasteiger partial charge >= 0.3 is 6.03 Å². The third kappa shape index (κ3) is 4.13. The molecule has 0 unspecified atom stereocenters. The Balaban J connectivity index is 1.97. The summed E-state index contributed by atoms with van der Waals surface area (Å²) in [5.74, 6) is -0.385. The number of carbonyl (C=O) groups is 3. The highest BCUT2D eigenvalue weighted by molar-refractivity contribution is 6.39. The summed E-state index contributed by atoms with van der Waals surface area (Å²) in [5.41, 5.74) is 1.90. The SMILES string of the molecule is CCOc1cc(/C=C2/C(=O)NC(=O)N(c3ccc(CC)cc3)C2=O)ccc1OC. The van der Waals surface area contributed by atoms with Crippen molar-refractivity contribution in [3.8, 4) is 11.5 Å². The van der Waals surface area contributed by atoms with Gasteiger partial charge in [0, 0.05) is 0 Å². The number of hydrogen-bond acceptors (Lipinski definition) is 5. The normalized spacial score (nSPS) is 15.5. The number of anilines is 1. The molecule has 2 aromatic carbocycles. The highest BCUT2D eigenvalue weighted by atomic mass is 16.5. The summed E-state index contributed by atoms with van der Waals surface area (Å²) in [4.78, 5) is 38.5. The van der Waals surface area contributed by atoms with Crippen molar-refractivity contribution < 1.29 is 23.9 Å². The number of nitrogens with one attached hydrogen (secondary N) is 1. The van der Waals surface area contributed by atoms with Crippen LogP contribution < -0.4 is 19.7 Å². The molecule has 7 nitrogen and oxygen atoms in total. The largest absolute Gasteiger partial charge is 0.493 e. The van der Waals surface area contributed by atoms with Gasteiger partial charge in [0.1, 0.15) is 5.57 Å². The third-order valence-corrected chi connectivity index (χ3v) is 4.50. The fraction of sp³-hybridized carbons (Fsp3) is 0.227. The van der Waals surface area contributed by atoms with Gasteiger partial charge in [-0.15, -0.1) is 0 Å². The molecule has 7 heteroatoms. The van der Waals surface area contributed by atoms with Gasteiger partial charge in [0.15, 0.2) is 11.5 Å². The van der Waals surface area contributed by atoms with E-state index in [0.717, 1.165) is 16.9 Å². The number of ether oxygens (including phenoxy) is 2. The maximum atomic E-state index is 13.0. The molecule has 0 saturated carbocycles. The standard InChI is InChI=1S/C22H22N2O5/c1-4-14-6-9-16(10-7-14)24-21(26)17(20(25)23-22(24)27)12-15-8-11-18(28-3)19(13-15)29-5-2/h6-13H,4-5H2,1-3H3,(H,23,25,27)/b17-12-. The van der Waals surface area contributed by atoms with Gasteiger partial charge < -0.3 is 9.47 Å². The zero-order chi connectivity index (χ0) is 21.0. The Labute approximate surface area is 168 Å². The minimum Gasteiger partial charge on any atom is -0.493 e. The maximum absolute atomic E-state index is 13.0. The first-order valence-electron chi connectivity index (χ1n) is 9.29. The molecule has 150 valence electrons. The number of carbonyl (C=O) groups excluding carboxylic acids is 3.